The highest BCUT2D eigenvalue weighted by molar-refractivity contribution is 14.1. The second-order valence-electron chi connectivity index (χ2n) is 5.18. The summed E-state index contributed by atoms with van der Waals surface area (Å²) >= 11 is 2.02. The van der Waals surface area contributed by atoms with Gasteiger partial charge in [-0.3, -0.25) is 4.79 Å². The molecule has 0 aromatic heterocycles. The molecule has 138 valence electrons. The van der Waals surface area contributed by atoms with Gasteiger partial charge < -0.3 is 14.8 Å². The molecule has 0 aliphatic carbocycles. The van der Waals surface area contributed by atoms with Crippen molar-refractivity contribution in [3.05, 3.63) is 63.2 Å². The zero-order chi connectivity index (χ0) is 18.9. The quantitative estimate of drug-likeness (QED) is 0.470. The van der Waals surface area contributed by atoms with Gasteiger partial charge in [-0.1, -0.05) is 24.3 Å². The molecule has 8 heteroatoms. The molecular formula is C18H16F2INO4. The summed E-state index contributed by atoms with van der Waals surface area (Å²) in [5.41, 5.74) is 1.26. The first-order chi connectivity index (χ1) is 12.5. The molecule has 26 heavy (non-hydrogen) atoms. The first-order valence-electron chi connectivity index (χ1n) is 7.68. The highest BCUT2D eigenvalue weighted by Crippen LogP contribution is 2.15. The summed E-state index contributed by atoms with van der Waals surface area (Å²) in [6, 6.07) is 13.1. The highest BCUT2D eigenvalue weighted by Gasteiger charge is 2.12. The van der Waals surface area contributed by atoms with Crippen molar-refractivity contribution in [1.82, 2.24) is 5.32 Å². The van der Waals surface area contributed by atoms with Crippen molar-refractivity contribution >= 4 is 34.5 Å². The fourth-order valence-electron chi connectivity index (χ4n) is 2.07. The van der Waals surface area contributed by atoms with Crippen LogP contribution in [0.5, 0.6) is 5.75 Å². The maximum atomic E-state index is 12.1. The third kappa shape index (κ3) is 6.58. The molecule has 0 spiro atoms. The predicted molar refractivity (Wildman–Crippen MR) is 99.2 cm³/mol. The van der Waals surface area contributed by atoms with Crippen LogP contribution in [-0.4, -0.2) is 31.6 Å². The number of alkyl halides is 2. The van der Waals surface area contributed by atoms with E-state index in [1.54, 1.807) is 36.4 Å². The van der Waals surface area contributed by atoms with Crippen LogP contribution in [0, 0.1) is 3.57 Å². The molecule has 1 N–H and O–H groups in total. The number of hydrogen-bond donors (Lipinski definition) is 1. The van der Waals surface area contributed by atoms with Crippen LogP contribution in [0.15, 0.2) is 48.5 Å². The van der Waals surface area contributed by atoms with Crippen molar-refractivity contribution in [2.45, 2.75) is 13.0 Å². The Labute approximate surface area is 162 Å². The topological polar surface area (TPSA) is 64.6 Å². The van der Waals surface area contributed by atoms with Crippen molar-refractivity contribution in [1.29, 1.82) is 0 Å². The largest absolute Gasteiger partial charge is 0.452 e. The number of rotatable bonds is 8. The molecule has 0 saturated carbocycles. The predicted octanol–water partition coefficient (Wildman–Crippen LogP) is 3.41. The molecule has 0 radical (unpaired) electrons. The summed E-state index contributed by atoms with van der Waals surface area (Å²) in [6.07, 6.45) is 0.505. The van der Waals surface area contributed by atoms with Gasteiger partial charge in [-0.2, -0.15) is 8.78 Å². The molecule has 0 heterocycles. The lowest BCUT2D eigenvalue weighted by Crippen LogP contribution is -2.30. The van der Waals surface area contributed by atoms with Crippen LogP contribution in [0.2, 0.25) is 0 Å². The van der Waals surface area contributed by atoms with E-state index >= 15 is 0 Å². The number of esters is 1. The van der Waals surface area contributed by atoms with Crippen molar-refractivity contribution in [3.63, 3.8) is 0 Å². The van der Waals surface area contributed by atoms with Gasteiger partial charge in [0.25, 0.3) is 5.91 Å². The number of hydrogen-bond acceptors (Lipinski definition) is 4. The smallest absolute Gasteiger partial charge is 0.387 e. The van der Waals surface area contributed by atoms with Crippen molar-refractivity contribution in [2.24, 2.45) is 0 Å². The van der Waals surface area contributed by atoms with E-state index in [1.165, 1.54) is 12.1 Å². The fraction of sp³-hybridized carbons (Fsp3) is 0.222. The lowest BCUT2D eigenvalue weighted by Gasteiger charge is -2.08. The van der Waals surface area contributed by atoms with E-state index in [0.29, 0.717) is 18.5 Å². The highest BCUT2D eigenvalue weighted by atomic mass is 127. The van der Waals surface area contributed by atoms with Crippen molar-refractivity contribution < 1.29 is 27.8 Å². The molecule has 0 unspecified atom stereocenters. The summed E-state index contributed by atoms with van der Waals surface area (Å²) in [7, 11) is 0. The SMILES string of the molecule is O=C(COC(=O)c1ccccc1I)NCCc1ccc(OC(F)F)cc1. The molecular weight excluding hydrogens is 459 g/mol. The summed E-state index contributed by atoms with van der Waals surface area (Å²) in [5.74, 6) is -0.892. The molecule has 0 aliphatic rings. The number of carbonyl (C=O) groups is 2. The third-order valence-corrected chi connectivity index (χ3v) is 4.25. The lowest BCUT2D eigenvalue weighted by atomic mass is 10.1. The number of amides is 1. The zero-order valence-electron chi connectivity index (χ0n) is 13.6. The maximum Gasteiger partial charge on any atom is 0.387 e. The van der Waals surface area contributed by atoms with E-state index < -0.39 is 18.5 Å². The van der Waals surface area contributed by atoms with E-state index in [9.17, 15) is 18.4 Å². The summed E-state index contributed by atoms with van der Waals surface area (Å²) in [4.78, 5) is 23.6. The molecule has 0 saturated heterocycles. The Hall–Kier alpha value is -2.23. The number of benzene rings is 2. The minimum absolute atomic E-state index is 0.0789. The summed E-state index contributed by atoms with van der Waals surface area (Å²) in [6.45, 7) is -2.90. The molecule has 1 amide bonds. The van der Waals surface area contributed by atoms with Gasteiger partial charge in [0.15, 0.2) is 6.61 Å². The van der Waals surface area contributed by atoms with Crippen LogP contribution in [0.1, 0.15) is 15.9 Å². The standard InChI is InChI=1S/C18H16F2INO4/c19-18(20)26-13-7-5-12(6-8-13)9-10-22-16(23)11-25-17(24)14-3-1-2-4-15(14)21/h1-8,18H,9-11H2,(H,22,23). The first-order valence-corrected chi connectivity index (χ1v) is 8.75. The van der Waals surface area contributed by atoms with E-state index in [2.05, 4.69) is 10.1 Å². The van der Waals surface area contributed by atoms with Crippen molar-refractivity contribution in [3.8, 4) is 5.75 Å². The Kier molecular flexibility index (Phi) is 7.76. The van der Waals surface area contributed by atoms with Crippen LogP contribution in [0.4, 0.5) is 8.78 Å². The summed E-state index contributed by atoms with van der Waals surface area (Å²) < 4.78 is 34.1. The minimum Gasteiger partial charge on any atom is -0.452 e. The van der Waals surface area contributed by atoms with Crippen LogP contribution in [-0.2, 0) is 16.0 Å². The van der Waals surface area contributed by atoms with E-state index in [-0.39, 0.29) is 12.4 Å². The normalized spacial score (nSPS) is 10.5. The Bertz CT molecular complexity index is 753. The molecule has 2 aromatic rings. The zero-order valence-corrected chi connectivity index (χ0v) is 15.7. The Balaban J connectivity index is 1.70. The number of nitrogens with one attached hydrogen (secondary N) is 1. The lowest BCUT2D eigenvalue weighted by molar-refractivity contribution is -0.124. The van der Waals surface area contributed by atoms with Gasteiger partial charge >= 0.3 is 12.6 Å². The van der Waals surface area contributed by atoms with E-state index in [0.717, 1.165) is 9.13 Å². The van der Waals surface area contributed by atoms with Gasteiger partial charge in [0, 0.05) is 10.1 Å². The van der Waals surface area contributed by atoms with Crippen molar-refractivity contribution in [2.75, 3.05) is 13.2 Å². The molecule has 0 aliphatic heterocycles. The second kappa shape index (κ2) is 10.0. The summed E-state index contributed by atoms with van der Waals surface area (Å²) in [5, 5.41) is 2.63. The maximum absolute atomic E-state index is 12.1. The van der Waals surface area contributed by atoms with Crippen LogP contribution in [0.3, 0.4) is 0 Å². The fourth-order valence-corrected chi connectivity index (χ4v) is 2.68. The third-order valence-electron chi connectivity index (χ3n) is 3.31. The van der Waals surface area contributed by atoms with Gasteiger partial charge in [-0.25, -0.2) is 4.79 Å². The Morgan fingerprint density at radius 2 is 1.77 bits per heavy atom. The molecule has 5 nitrogen and oxygen atoms in total. The molecule has 0 atom stereocenters. The average molecular weight is 475 g/mol. The Morgan fingerprint density at radius 1 is 1.08 bits per heavy atom. The van der Waals surface area contributed by atoms with Crippen LogP contribution < -0.4 is 10.1 Å². The molecule has 2 aromatic carbocycles. The number of ether oxygens (including phenoxy) is 2. The van der Waals surface area contributed by atoms with E-state index in [4.69, 9.17) is 4.74 Å². The first kappa shape index (κ1) is 20.1. The average Bonchev–Trinajstić information content (AvgIpc) is 2.61. The van der Waals surface area contributed by atoms with E-state index in [1.807, 2.05) is 22.6 Å². The molecule has 2 rings (SSSR count). The van der Waals surface area contributed by atoms with Gasteiger partial charge in [0.05, 0.1) is 5.56 Å². The van der Waals surface area contributed by atoms with Gasteiger partial charge in [-0.15, -0.1) is 0 Å². The second-order valence-corrected chi connectivity index (χ2v) is 6.34. The van der Waals surface area contributed by atoms with Gasteiger partial charge in [0.2, 0.25) is 0 Å². The van der Waals surface area contributed by atoms with Gasteiger partial charge in [-0.05, 0) is 58.8 Å². The molecule has 0 fully saturated rings. The Morgan fingerprint density at radius 3 is 2.42 bits per heavy atom. The molecule has 0 bridgehead atoms. The van der Waals surface area contributed by atoms with Crippen LogP contribution >= 0.6 is 22.6 Å². The van der Waals surface area contributed by atoms with Crippen LogP contribution in [0.25, 0.3) is 0 Å². The minimum atomic E-state index is -2.86. The number of carbonyl (C=O) groups excluding carboxylic acids is 2. The number of halogens is 3. The monoisotopic (exact) mass is 475 g/mol. The van der Waals surface area contributed by atoms with Gasteiger partial charge in [0.1, 0.15) is 5.75 Å².